The number of ether oxygens (including phenoxy) is 2. The average Bonchev–Trinajstić information content (AvgIpc) is 2.47. The highest BCUT2D eigenvalue weighted by Crippen LogP contribution is 2.35. The molecule has 0 spiro atoms. The van der Waals surface area contributed by atoms with Crippen LogP contribution in [0, 0.1) is 0 Å². The lowest BCUT2D eigenvalue weighted by atomic mass is 10.1. The summed E-state index contributed by atoms with van der Waals surface area (Å²) in [6, 6.07) is 15.7. The van der Waals surface area contributed by atoms with E-state index in [0.717, 1.165) is 22.6 Å². The van der Waals surface area contributed by atoms with Gasteiger partial charge in [-0.25, -0.2) is 0 Å². The molecule has 3 nitrogen and oxygen atoms in total. The molecule has 2 N–H and O–H groups in total. The molecular formula is C17H21NO2. The van der Waals surface area contributed by atoms with E-state index in [2.05, 4.69) is 12.1 Å². The van der Waals surface area contributed by atoms with Gasteiger partial charge < -0.3 is 15.2 Å². The molecule has 0 heterocycles. The van der Waals surface area contributed by atoms with E-state index in [0.29, 0.717) is 0 Å². The van der Waals surface area contributed by atoms with Gasteiger partial charge in [-0.05, 0) is 31.5 Å². The molecule has 2 aromatic carbocycles. The minimum absolute atomic E-state index is 0.0409. The highest BCUT2D eigenvalue weighted by molar-refractivity contribution is 5.46. The molecule has 0 amide bonds. The van der Waals surface area contributed by atoms with E-state index in [1.165, 1.54) is 0 Å². The normalized spacial score (nSPS) is 13.6. The Bertz CT molecular complexity index is 552. The van der Waals surface area contributed by atoms with Crippen LogP contribution in [0.5, 0.6) is 11.5 Å². The molecule has 2 aromatic rings. The van der Waals surface area contributed by atoms with Crippen LogP contribution in [0.2, 0.25) is 0 Å². The van der Waals surface area contributed by atoms with Gasteiger partial charge in [0.25, 0.3) is 0 Å². The molecular weight excluding hydrogens is 250 g/mol. The van der Waals surface area contributed by atoms with Gasteiger partial charge >= 0.3 is 0 Å². The Kier molecular flexibility index (Phi) is 4.64. The number of methoxy groups -OCH3 is 1. The zero-order chi connectivity index (χ0) is 14.5. The Morgan fingerprint density at radius 3 is 2.15 bits per heavy atom. The van der Waals surface area contributed by atoms with Crippen molar-refractivity contribution in [3.05, 3.63) is 59.7 Å². The molecule has 0 radical (unpaired) electrons. The van der Waals surface area contributed by atoms with Crippen molar-refractivity contribution in [3.63, 3.8) is 0 Å². The molecule has 0 aliphatic carbocycles. The SMILES string of the molecule is COc1cccc(OC(C)c2ccccc2)c1C(C)N. The van der Waals surface area contributed by atoms with Crippen LogP contribution in [-0.4, -0.2) is 7.11 Å². The van der Waals surface area contributed by atoms with Crippen molar-refractivity contribution in [1.29, 1.82) is 0 Å². The maximum absolute atomic E-state index is 6.08. The Labute approximate surface area is 120 Å². The molecule has 2 rings (SSSR count). The summed E-state index contributed by atoms with van der Waals surface area (Å²) in [5, 5.41) is 0. The summed E-state index contributed by atoms with van der Waals surface area (Å²) in [5.41, 5.74) is 8.08. The van der Waals surface area contributed by atoms with Crippen LogP contribution in [0.4, 0.5) is 0 Å². The van der Waals surface area contributed by atoms with E-state index >= 15 is 0 Å². The van der Waals surface area contributed by atoms with E-state index in [4.69, 9.17) is 15.2 Å². The largest absolute Gasteiger partial charge is 0.496 e. The van der Waals surface area contributed by atoms with Gasteiger partial charge in [-0.3, -0.25) is 0 Å². The van der Waals surface area contributed by atoms with Crippen LogP contribution < -0.4 is 15.2 Å². The first-order valence-corrected chi connectivity index (χ1v) is 6.77. The van der Waals surface area contributed by atoms with Crippen molar-refractivity contribution in [2.24, 2.45) is 5.73 Å². The number of hydrogen-bond donors (Lipinski definition) is 1. The first-order valence-electron chi connectivity index (χ1n) is 6.77. The summed E-state index contributed by atoms with van der Waals surface area (Å²) < 4.78 is 11.4. The van der Waals surface area contributed by atoms with E-state index < -0.39 is 0 Å². The highest BCUT2D eigenvalue weighted by Gasteiger charge is 2.16. The Morgan fingerprint density at radius 1 is 0.900 bits per heavy atom. The van der Waals surface area contributed by atoms with Crippen LogP contribution >= 0.6 is 0 Å². The van der Waals surface area contributed by atoms with E-state index in [9.17, 15) is 0 Å². The summed E-state index contributed by atoms with van der Waals surface area (Å²) in [6.45, 7) is 3.96. The molecule has 0 aliphatic heterocycles. The first kappa shape index (κ1) is 14.4. The first-order chi connectivity index (χ1) is 9.63. The fourth-order valence-electron chi connectivity index (χ4n) is 2.24. The second-order valence-corrected chi connectivity index (χ2v) is 4.83. The molecule has 0 saturated carbocycles. The summed E-state index contributed by atoms with van der Waals surface area (Å²) in [7, 11) is 1.64. The number of nitrogens with two attached hydrogens (primary N) is 1. The molecule has 20 heavy (non-hydrogen) atoms. The van der Waals surface area contributed by atoms with Crippen LogP contribution in [0.25, 0.3) is 0 Å². The third-order valence-electron chi connectivity index (χ3n) is 3.27. The standard InChI is InChI=1S/C17H21NO2/c1-12(18)17-15(19-3)10-7-11-16(17)20-13(2)14-8-5-4-6-9-14/h4-13H,18H2,1-3H3. The zero-order valence-electron chi connectivity index (χ0n) is 12.2. The molecule has 0 aromatic heterocycles. The third kappa shape index (κ3) is 3.11. The highest BCUT2D eigenvalue weighted by atomic mass is 16.5. The Balaban J connectivity index is 2.29. The average molecular weight is 271 g/mol. The van der Waals surface area contributed by atoms with Crippen molar-refractivity contribution in [1.82, 2.24) is 0 Å². The van der Waals surface area contributed by atoms with E-state index in [-0.39, 0.29) is 12.1 Å². The van der Waals surface area contributed by atoms with Gasteiger partial charge in [0.1, 0.15) is 17.6 Å². The van der Waals surface area contributed by atoms with Gasteiger partial charge in [0.05, 0.1) is 12.7 Å². The van der Waals surface area contributed by atoms with Gasteiger partial charge in [0, 0.05) is 6.04 Å². The van der Waals surface area contributed by atoms with Crippen molar-refractivity contribution in [3.8, 4) is 11.5 Å². The lowest BCUT2D eigenvalue weighted by Gasteiger charge is -2.21. The molecule has 0 aliphatic rings. The van der Waals surface area contributed by atoms with Gasteiger partial charge in [0.15, 0.2) is 0 Å². The van der Waals surface area contributed by atoms with Crippen molar-refractivity contribution in [2.45, 2.75) is 26.0 Å². The predicted octanol–water partition coefficient (Wildman–Crippen LogP) is 3.85. The number of hydrogen-bond acceptors (Lipinski definition) is 3. The molecule has 0 fully saturated rings. The summed E-state index contributed by atoms with van der Waals surface area (Å²) in [5.74, 6) is 1.54. The lowest BCUT2D eigenvalue weighted by molar-refractivity contribution is 0.222. The molecule has 0 saturated heterocycles. The second-order valence-electron chi connectivity index (χ2n) is 4.83. The summed E-state index contributed by atoms with van der Waals surface area (Å²) >= 11 is 0. The molecule has 2 unspecified atom stereocenters. The fourth-order valence-corrected chi connectivity index (χ4v) is 2.24. The molecule has 3 heteroatoms. The smallest absolute Gasteiger partial charge is 0.128 e. The minimum atomic E-state index is -0.149. The monoisotopic (exact) mass is 271 g/mol. The Morgan fingerprint density at radius 2 is 1.55 bits per heavy atom. The van der Waals surface area contributed by atoms with Crippen molar-refractivity contribution in [2.75, 3.05) is 7.11 Å². The van der Waals surface area contributed by atoms with Crippen LogP contribution in [0.3, 0.4) is 0 Å². The van der Waals surface area contributed by atoms with Gasteiger partial charge in [-0.2, -0.15) is 0 Å². The molecule has 2 atom stereocenters. The summed E-state index contributed by atoms with van der Waals surface area (Å²) in [4.78, 5) is 0. The van der Waals surface area contributed by atoms with Crippen molar-refractivity contribution >= 4 is 0 Å². The van der Waals surface area contributed by atoms with Gasteiger partial charge in [-0.15, -0.1) is 0 Å². The quantitative estimate of drug-likeness (QED) is 0.898. The number of benzene rings is 2. The van der Waals surface area contributed by atoms with Gasteiger partial charge in [0.2, 0.25) is 0 Å². The third-order valence-corrected chi connectivity index (χ3v) is 3.27. The van der Waals surface area contributed by atoms with Crippen LogP contribution in [0.15, 0.2) is 48.5 Å². The molecule has 0 bridgehead atoms. The topological polar surface area (TPSA) is 44.5 Å². The number of rotatable bonds is 5. The second kappa shape index (κ2) is 6.44. The Hall–Kier alpha value is -2.00. The molecule has 106 valence electrons. The summed E-state index contributed by atoms with van der Waals surface area (Å²) in [6.07, 6.45) is -0.0409. The van der Waals surface area contributed by atoms with Crippen LogP contribution in [0.1, 0.15) is 37.1 Å². The van der Waals surface area contributed by atoms with E-state index in [1.807, 2.05) is 50.2 Å². The maximum atomic E-state index is 6.08. The van der Waals surface area contributed by atoms with Crippen LogP contribution in [-0.2, 0) is 0 Å². The fraction of sp³-hybridized carbons (Fsp3) is 0.294. The van der Waals surface area contributed by atoms with Crippen molar-refractivity contribution < 1.29 is 9.47 Å². The maximum Gasteiger partial charge on any atom is 0.128 e. The lowest BCUT2D eigenvalue weighted by Crippen LogP contribution is -2.11. The zero-order valence-corrected chi connectivity index (χ0v) is 12.2. The predicted molar refractivity (Wildman–Crippen MR) is 81.1 cm³/mol. The minimum Gasteiger partial charge on any atom is -0.496 e. The van der Waals surface area contributed by atoms with E-state index in [1.54, 1.807) is 7.11 Å². The van der Waals surface area contributed by atoms with Gasteiger partial charge in [-0.1, -0.05) is 36.4 Å².